The molecule has 6 heteroatoms. The molecule has 4 fully saturated rings. The van der Waals surface area contributed by atoms with E-state index in [0.717, 1.165) is 52.1 Å². The van der Waals surface area contributed by atoms with Gasteiger partial charge in [-0.25, -0.2) is 0 Å². The van der Waals surface area contributed by atoms with Crippen molar-refractivity contribution in [3.8, 4) is 0 Å². The first-order chi connectivity index (χ1) is 11.6. The number of carbonyl (C=O) groups excluding carboxylic acids is 1. The minimum absolute atomic E-state index is 0.106. The molecule has 4 aliphatic rings. The number of hydrogen-bond donors (Lipinski definition) is 0. The van der Waals surface area contributed by atoms with Crippen LogP contribution in [0.2, 0.25) is 0 Å². The van der Waals surface area contributed by atoms with E-state index in [1.807, 2.05) is 13.8 Å². The fourth-order valence-corrected chi connectivity index (χ4v) is 4.65. The van der Waals surface area contributed by atoms with Crippen LogP contribution in [0.5, 0.6) is 0 Å². The Morgan fingerprint density at radius 3 is 2.54 bits per heavy atom. The molecule has 0 spiro atoms. The van der Waals surface area contributed by atoms with E-state index in [1.165, 1.54) is 6.42 Å². The molecule has 4 aliphatic heterocycles. The molecule has 1 aromatic heterocycles. The fraction of sp³-hybridized carbons (Fsp3) is 0.778. The predicted octanol–water partition coefficient (Wildman–Crippen LogP) is 2.01. The highest BCUT2D eigenvalue weighted by Crippen LogP contribution is 2.32. The first-order valence-corrected chi connectivity index (χ1v) is 9.19. The second kappa shape index (κ2) is 6.48. The van der Waals surface area contributed by atoms with Gasteiger partial charge in [-0.3, -0.25) is 9.69 Å². The Morgan fingerprint density at radius 2 is 1.83 bits per heavy atom. The van der Waals surface area contributed by atoms with Crippen molar-refractivity contribution in [2.45, 2.75) is 51.6 Å². The maximum Gasteiger partial charge on any atom is 0.259 e. The van der Waals surface area contributed by atoms with Crippen molar-refractivity contribution in [2.75, 3.05) is 32.8 Å². The average Bonchev–Trinajstić information content (AvgIpc) is 2.79. The van der Waals surface area contributed by atoms with E-state index in [-0.39, 0.29) is 5.91 Å². The Bertz CT molecular complexity index is 589. The van der Waals surface area contributed by atoms with Gasteiger partial charge in [0.25, 0.3) is 5.91 Å². The van der Waals surface area contributed by atoms with Crippen LogP contribution < -0.4 is 0 Å². The summed E-state index contributed by atoms with van der Waals surface area (Å²) in [6, 6.07) is 0.934. The van der Waals surface area contributed by atoms with Crippen LogP contribution in [0.3, 0.4) is 0 Å². The summed E-state index contributed by atoms with van der Waals surface area (Å²) in [5.41, 5.74) is 1.37. The van der Waals surface area contributed by atoms with Crippen molar-refractivity contribution < 1.29 is 14.1 Å². The van der Waals surface area contributed by atoms with Crippen molar-refractivity contribution in [3.05, 3.63) is 17.0 Å². The number of fused-ring (bicyclic) bond motifs is 4. The highest BCUT2D eigenvalue weighted by Gasteiger charge is 2.40. The minimum Gasteiger partial charge on any atom is -0.381 e. The lowest BCUT2D eigenvalue weighted by molar-refractivity contribution is 0.0304. The number of piperidine rings is 1. The Balaban J connectivity index is 1.53. The van der Waals surface area contributed by atoms with Gasteiger partial charge in [0, 0.05) is 44.9 Å². The van der Waals surface area contributed by atoms with Crippen LogP contribution in [0, 0.1) is 19.8 Å². The summed E-state index contributed by atoms with van der Waals surface area (Å²) in [6.07, 6.45) is 4.59. The lowest BCUT2D eigenvalue weighted by Crippen LogP contribution is -2.48. The quantitative estimate of drug-likeness (QED) is 0.828. The Morgan fingerprint density at radius 1 is 1.04 bits per heavy atom. The lowest BCUT2D eigenvalue weighted by Gasteiger charge is -2.37. The normalized spacial score (nSPS) is 29.0. The molecular weight excluding hydrogens is 306 g/mol. The van der Waals surface area contributed by atoms with Gasteiger partial charge in [0.2, 0.25) is 0 Å². The molecule has 1 aromatic rings. The molecule has 132 valence electrons. The zero-order valence-electron chi connectivity index (χ0n) is 14.7. The Kier molecular flexibility index (Phi) is 4.35. The summed E-state index contributed by atoms with van der Waals surface area (Å²) in [5.74, 6) is 1.32. The van der Waals surface area contributed by atoms with Crippen LogP contribution in [-0.4, -0.2) is 65.8 Å². The van der Waals surface area contributed by atoms with Crippen molar-refractivity contribution in [3.63, 3.8) is 0 Å². The molecule has 2 bridgehead atoms. The fourth-order valence-electron chi connectivity index (χ4n) is 4.65. The smallest absolute Gasteiger partial charge is 0.259 e. The zero-order valence-corrected chi connectivity index (χ0v) is 14.7. The predicted molar refractivity (Wildman–Crippen MR) is 88.9 cm³/mol. The van der Waals surface area contributed by atoms with Gasteiger partial charge in [-0.15, -0.1) is 0 Å². The topological polar surface area (TPSA) is 58.8 Å². The van der Waals surface area contributed by atoms with Crippen molar-refractivity contribution in [2.24, 2.45) is 5.92 Å². The molecule has 0 aliphatic carbocycles. The molecule has 5 heterocycles. The molecule has 0 unspecified atom stereocenters. The van der Waals surface area contributed by atoms with E-state index in [4.69, 9.17) is 9.26 Å². The molecule has 2 atom stereocenters. The van der Waals surface area contributed by atoms with E-state index in [9.17, 15) is 4.79 Å². The Hall–Kier alpha value is -1.40. The van der Waals surface area contributed by atoms with Crippen LogP contribution >= 0.6 is 0 Å². The highest BCUT2D eigenvalue weighted by molar-refractivity contribution is 5.96. The molecule has 24 heavy (non-hydrogen) atoms. The van der Waals surface area contributed by atoms with Gasteiger partial charge in [-0.1, -0.05) is 5.16 Å². The number of nitrogens with zero attached hydrogens (tertiary/aromatic N) is 3. The largest absolute Gasteiger partial charge is 0.381 e. The number of aromatic nitrogens is 1. The molecule has 0 aromatic carbocycles. The first kappa shape index (κ1) is 16.1. The number of amides is 1. The summed E-state index contributed by atoms with van der Waals surface area (Å²) < 4.78 is 10.7. The van der Waals surface area contributed by atoms with Crippen molar-refractivity contribution in [1.82, 2.24) is 15.0 Å². The lowest BCUT2D eigenvalue weighted by atomic mass is 9.94. The number of carbonyl (C=O) groups is 1. The van der Waals surface area contributed by atoms with Crippen LogP contribution in [0.25, 0.3) is 0 Å². The molecule has 5 rings (SSSR count). The summed E-state index contributed by atoms with van der Waals surface area (Å²) in [7, 11) is 0. The molecule has 4 saturated heterocycles. The monoisotopic (exact) mass is 333 g/mol. The molecular formula is C18H27N3O3. The number of aryl methyl sites for hydroxylation is 2. The van der Waals surface area contributed by atoms with Crippen molar-refractivity contribution >= 4 is 5.91 Å². The minimum atomic E-state index is 0.106. The zero-order chi connectivity index (χ0) is 16.7. The third kappa shape index (κ3) is 2.86. The van der Waals surface area contributed by atoms with Gasteiger partial charge in [0.1, 0.15) is 11.3 Å². The molecule has 1 amide bonds. The van der Waals surface area contributed by atoms with Crippen LogP contribution in [0.15, 0.2) is 4.52 Å². The third-order valence-corrected chi connectivity index (χ3v) is 5.96. The van der Waals surface area contributed by atoms with E-state index < -0.39 is 0 Å². The number of ether oxygens (including phenoxy) is 1. The SMILES string of the molecule is Cc1noc(C)c1C(=O)N1C[C@H]2CC[C@@H]1CN(C1CCOCC1)C2. The van der Waals surface area contributed by atoms with Crippen molar-refractivity contribution in [1.29, 1.82) is 0 Å². The second-order valence-corrected chi connectivity index (χ2v) is 7.55. The standard InChI is InChI=1S/C18H27N3O3/c1-12-17(13(2)24-19-12)18(22)21-10-14-3-4-16(21)11-20(9-14)15-5-7-23-8-6-15/h14-16H,3-11H2,1-2H3/t14-,16+/m0/s1. The maximum absolute atomic E-state index is 13.1. The van der Waals surface area contributed by atoms with Gasteiger partial charge in [-0.2, -0.15) is 0 Å². The van der Waals surface area contributed by atoms with Crippen LogP contribution in [0.4, 0.5) is 0 Å². The highest BCUT2D eigenvalue weighted by atomic mass is 16.5. The van der Waals surface area contributed by atoms with Gasteiger partial charge >= 0.3 is 0 Å². The first-order valence-electron chi connectivity index (χ1n) is 9.19. The van der Waals surface area contributed by atoms with E-state index >= 15 is 0 Å². The number of rotatable bonds is 2. The molecule has 6 nitrogen and oxygen atoms in total. The number of hydrogen-bond acceptors (Lipinski definition) is 5. The van der Waals surface area contributed by atoms with E-state index in [2.05, 4.69) is 15.0 Å². The van der Waals surface area contributed by atoms with E-state index in [0.29, 0.717) is 35.0 Å². The second-order valence-electron chi connectivity index (χ2n) is 7.55. The van der Waals surface area contributed by atoms with Gasteiger partial charge in [-0.05, 0) is 45.4 Å². The molecule has 0 N–H and O–H groups in total. The summed E-state index contributed by atoms with van der Waals surface area (Å²) in [6.45, 7) is 8.42. The van der Waals surface area contributed by atoms with Crippen LogP contribution in [-0.2, 0) is 4.74 Å². The van der Waals surface area contributed by atoms with Gasteiger partial charge < -0.3 is 14.2 Å². The summed E-state index contributed by atoms with van der Waals surface area (Å²) in [5, 5.41) is 3.96. The maximum atomic E-state index is 13.1. The molecule has 0 radical (unpaired) electrons. The van der Waals surface area contributed by atoms with E-state index in [1.54, 1.807) is 0 Å². The van der Waals surface area contributed by atoms with Crippen LogP contribution in [0.1, 0.15) is 47.5 Å². The van der Waals surface area contributed by atoms with Gasteiger partial charge in [0.15, 0.2) is 0 Å². The summed E-state index contributed by atoms with van der Waals surface area (Å²) in [4.78, 5) is 17.8. The summed E-state index contributed by atoms with van der Waals surface area (Å²) >= 11 is 0. The average molecular weight is 333 g/mol. The van der Waals surface area contributed by atoms with Gasteiger partial charge in [0.05, 0.1) is 5.69 Å². The Labute approximate surface area is 143 Å². The molecule has 0 saturated carbocycles. The third-order valence-electron chi connectivity index (χ3n) is 5.96.